The maximum Gasteiger partial charge on any atom is 0.203 e. The number of hydrogen-bond donors (Lipinski definition) is 0. The molecular weight excluding hydrogens is 370 g/mol. The molecule has 4 rings (SSSR count). The third kappa shape index (κ3) is 3.39. The van der Waals surface area contributed by atoms with E-state index in [0.717, 1.165) is 25.9 Å². The predicted molar refractivity (Wildman–Crippen MR) is 103 cm³/mol. The molecule has 7 heteroatoms. The van der Waals surface area contributed by atoms with Crippen LogP contribution in [0.25, 0.3) is 11.0 Å². The van der Waals surface area contributed by atoms with E-state index in [-0.39, 0.29) is 10.8 Å². The smallest absolute Gasteiger partial charge is 0.203 e. The van der Waals surface area contributed by atoms with Crippen LogP contribution in [0.3, 0.4) is 0 Å². The minimum absolute atomic E-state index is 0.0630. The molecule has 0 radical (unpaired) electrons. The molecule has 1 aliphatic rings. The van der Waals surface area contributed by atoms with Gasteiger partial charge in [0.15, 0.2) is 10.8 Å². The van der Waals surface area contributed by atoms with Gasteiger partial charge < -0.3 is 4.90 Å². The van der Waals surface area contributed by atoms with Gasteiger partial charge in [-0.25, -0.2) is 18.4 Å². The van der Waals surface area contributed by atoms with Crippen LogP contribution in [-0.4, -0.2) is 31.5 Å². The molecule has 2 heterocycles. The highest BCUT2D eigenvalue weighted by Gasteiger charge is 2.28. The van der Waals surface area contributed by atoms with Gasteiger partial charge in [-0.1, -0.05) is 35.9 Å². The van der Waals surface area contributed by atoms with Crippen molar-refractivity contribution in [2.75, 3.05) is 18.0 Å². The molecule has 0 bridgehead atoms. The molecule has 1 saturated heterocycles. The van der Waals surface area contributed by atoms with Gasteiger partial charge in [-0.15, -0.1) is 0 Å². The van der Waals surface area contributed by atoms with E-state index in [2.05, 4.69) is 9.97 Å². The molecule has 1 aliphatic heterocycles. The van der Waals surface area contributed by atoms with Crippen LogP contribution in [0, 0.1) is 0 Å². The van der Waals surface area contributed by atoms with Crippen molar-refractivity contribution < 1.29 is 8.42 Å². The summed E-state index contributed by atoms with van der Waals surface area (Å²) in [5, 5.41) is 0.641. The van der Waals surface area contributed by atoms with E-state index in [1.165, 1.54) is 0 Å². The third-order valence-corrected chi connectivity index (χ3v) is 6.32. The Kier molecular flexibility index (Phi) is 4.54. The second-order valence-electron chi connectivity index (χ2n) is 6.42. The Bertz CT molecular complexity index is 1050. The van der Waals surface area contributed by atoms with Crippen LogP contribution in [0.5, 0.6) is 0 Å². The van der Waals surface area contributed by atoms with Crippen LogP contribution in [-0.2, 0) is 15.6 Å². The summed E-state index contributed by atoms with van der Waals surface area (Å²) in [4.78, 5) is 11.2. The Morgan fingerprint density at radius 3 is 2.19 bits per heavy atom. The first-order valence-corrected chi connectivity index (χ1v) is 10.5. The number of aromatic nitrogens is 2. The Hall–Kier alpha value is -2.18. The van der Waals surface area contributed by atoms with Crippen LogP contribution in [0.2, 0.25) is 5.02 Å². The lowest BCUT2D eigenvalue weighted by atomic mass is 10.2. The zero-order chi connectivity index (χ0) is 18.1. The second-order valence-corrected chi connectivity index (χ2v) is 8.76. The van der Waals surface area contributed by atoms with Gasteiger partial charge in [0.1, 0.15) is 0 Å². The molecule has 0 N–H and O–H groups in total. The minimum atomic E-state index is -3.64. The summed E-state index contributed by atoms with van der Waals surface area (Å²) in [6.45, 7) is 1.60. The molecule has 1 aromatic heterocycles. The molecule has 26 heavy (non-hydrogen) atoms. The molecule has 0 amide bonds. The minimum Gasteiger partial charge on any atom is -0.354 e. The molecule has 0 saturated carbocycles. The molecule has 0 spiro atoms. The van der Waals surface area contributed by atoms with Crippen LogP contribution in [0.4, 0.5) is 5.82 Å². The van der Waals surface area contributed by atoms with Gasteiger partial charge in [-0.2, -0.15) is 0 Å². The number of halogens is 1. The Balaban J connectivity index is 1.82. The van der Waals surface area contributed by atoms with E-state index < -0.39 is 9.84 Å². The van der Waals surface area contributed by atoms with Gasteiger partial charge in [0.25, 0.3) is 0 Å². The molecule has 2 aromatic carbocycles. The van der Waals surface area contributed by atoms with Crippen molar-refractivity contribution >= 4 is 38.3 Å². The number of nitrogens with zero attached hydrogens (tertiary/aromatic N) is 3. The lowest BCUT2D eigenvalue weighted by Crippen LogP contribution is -2.23. The maximum absolute atomic E-state index is 13.1. The summed E-state index contributed by atoms with van der Waals surface area (Å²) in [6.07, 6.45) is 2.07. The largest absolute Gasteiger partial charge is 0.354 e. The van der Waals surface area contributed by atoms with E-state index in [4.69, 9.17) is 11.6 Å². The van der Waals surface area contributed by atoms with Gasteiger partial charge in [-0.05, 0) is 42.7 Å². The van der Waals surface area contributed by atoms with Gasteiger partial charge in [-0.3, -0.25) is 0 Å². The summed E-state index contributed by atoms with van der Waals surface area (Å²) < 4.78 is 26.3. The predicted octanol–water partition coefficient (Wildman–Crippen LogP) is 3.86. The van der Waals surface area contributed by atoms with Gasteiger partial charge >= 0.3 is 0 Å². The first-order chi connectivity index (χ1) is 12.5. The highest BCUT2D eigenvalue weighted by Crippen LogP contribution is 2.29. The Morgan fingerprint density at radius 1 is 0.923 bits per heavy atom. The van der Waals surface area contributed by atoms with Crippen molar-refractivity contribution in [3.63, 3.8) is 0 Å². The van der Waals surface area contributed by atoms with Crippen molar-refractivity contribution in [3.05, 3.63) is 59.1 Å². The van der Waals surface area contributed by atoms with Crippen LogP contribution < -0.4 is 4.90 Å². The van der Waals surface area contributed by atoms with Crippen molar-refractivity contribution in [1.82, 2.24) is 9.97 Å². The van der Waals surface area contributed by atoms with E-state index in [1.54, 1.807) is 30.3 Å². The summed E-state index contributed by atoms with van der Waals surface area (Å²) in [5.41, 5.74) is 1.97. The van der Waals surface area contributed by atoms with Gasteiger partial charge in [0.2, 0.25) is 9.84 Å². The Labute approximate surface area is 157 Å². The summed E-state index contributed by atoms with van der Waals surface area (Å²) in [7, 11) is -3.64. The highest BCUT2D eigenvalue weighted by atomic mass is 35.5. The number of sulfone groups is 1. The number of fused-ring (bicyclic) bond motifs is 1. The van der Waals surface area contributed by atoms with E-state index in [9.17, 15) is 8.42 Å². The molecule has 3 aromatic rings. The average molecular weight is 388 g/mol. The normalized spacial score (nSPS) is 14.9. The maximum atomic E-state index is 13.1. The first kappa shape index (κ1) is 17.2. The van der Waals surface area contributed by atoms with Gasteiger partial charge in [0, 0.05) is 18.1 Å². The number of hydrogen-bond acceptors (Lipinski definition) is 5. The van der Waals surface area contributed by atoms with Crippen molar-refractivity contribution in [2.45, 2.75) is 23.6 Å². The second kappa shape index (κ2) is 6.85. The van der Waals surface area contributed by atoms with Gasteiger partial charge in [0.05, 0.1) is 16.8 Å². The van der Waals surface area contributed by atoms with E-state index in [0.29, 0.717) is 27.4 Å². The monoisotopic (exact) mass is 387 g/mol. The summed E-state index contributed by atoms with van der Waals surface area (Å²) in [5.74, 6) is 0.341. The number of anilines is 1. The number of rotatable bonds is 4. The number of benzene rings is 2. The third-order valence-electron chi connectivity index (χ3n) is 4.49. The quantitative estimate of drug-likeness (QED) is 0.680. The van der Waals surface area contributed by atoms with Crippen molar-refractivity contribution in [3.8, 4) is 0 Å². The Morgan fingerprint density at radius 2 is 1.54 bits per heavy atom. The van der Waals surface area contributed by atoms with E-state index in [1.807, 2.05) is 23.1 Å². The molecule has 1 fully saturated rings. The van der Waals surface area contributed by atoms with E-state index >= 15 is 0 Å². The molecule has 0 atom stereocenters. The fourth-order valence-corrected chi connectivity index (χ4v) is 4.77. The SMILES string of the molecule is O=S(=O)(Cc1ccc(Cl)cc1)c1nc2ccccc2nc1N1CCCC1. The highest BCUT2D eigenvalue weighted by molar-refractivity contribution is 7.90. The fourth-order valence-electron chi connectivity index (χ4n) is 3.19. The molecule has 5 nitrogen and oxygen atoms in total. The lowest BCUT2D eigenvalue weighted by Gasteiger charge is -2.20. The average Bonchev–Trinajstić information content (AvgIpc) is 3.17. The molecule has 134 valence electrons. The first-order valence-electron chi connectivity index (χ1n) is 8.52. The van der Waals surface area contributed by atoms with Crippen LogP contribution in [0.15, 0.2) is 53.6 Å². The molecular formula is C19H18ClN3O2S. The molecule has 0 unspecified atom stereocenters. The zero-order valence-electron chi connectivity index (χ0n) is 14.1. The molecule has 0 aliphatic carbocycles. The number of para-hydroxylation sites is 2. The zero-order valence-corrected chi connectivity index (χ0v) is 15.7. The van der Waals surface area contributed by atoms with Crippen LogP contribution in [0.1, 0.15) is 18.4 Å². The van der Waals surface area contributed by atoms with Crippen molar-refractivity contribution in [2.24, 2.45) is 0 Å². The lowest BCUT2D eigenvalue weighted by molar-refractivity contribution is 0.591. The summed E-state index contributed by atoms with van der Waals surface area (Å²) >= 11 is 5.90. The van der Waals surface area contributed by atoms with Crippen molar-refractivity contribution in [1.29, 1.82) is 0 Å². The topological polar surface area (TPSA) is 63.2 Å². The summed E-state index contributed by atoms with van der Waals surface area (Å²) in [6, 6.07) is 14.2. The fraction of sp³-hybridized carbons (Fsp3) is 0.263. The standard InChI is InChI=1S/C19H18ClN3O2S/c20-15-9-7-14(8-10-15)13-26(24,25)19-18(23-11-3-4-12-23)21-16-5-1-2-6-17(16)22-19/h1-2,5-10H,3-4,11-13H2. The van der Waals surface area contributed by atoms with Crippen LogP contribution >= 0.6 is 11.6 Å².